The first-order valence-electron chi connectivity index (χ1n) is 7.97. The highest BCUT2D eigenvalue weighted by atomic mass is 16.3. The van der Waals surface area contributed by atoms with Gasteiger partial charge in [0.25, 0.3) is 0 Å². The smallest absolute Gasteiger partial charge is 0.134 e. The lowest BCUT2D eigenvalue weighted by Gasteiger charge is -2.12. The van der Waals surface area contributed by atoms with E-state index in [9.17, 15) is 5.11 Å². The van der Waals surface area contributed by atoms with E-state index in [1.807, 2.05) is 24.3 Å². The van der Waals surface area contributed by atoms with Crippen LogP contribution in [0.15, 0.2) is 66.9 Å². The number of rotatable bonds is 4. The molecule has 116 valence electrons. The van der Waals surface area contributed by atoms with E-state index in [1.165, 1.54) is 17.3 Å². The van der Waals surface area contributed by atoms with Crippen LogP contribution < -0.4 is 0 Å². The summed E-state index contributed by atoms with van der Waals surface area (Å²) in [4.78, 5) is 4.45. The molecule has 0 saturated carbocycles. The Morgan fingerprint density at radius 1 is 0.870 bits per heavy atom. The first-order valence-corrected chi connectivity index (χ1v) is 7.97. The monoisotopic (exact) mass is 303 g/mol. The van der Waals surface area contributed by atoms with Gasteiger partial charge in [0, 0.05) is 11.3 Å². The van der Waals surface area contributed by atoms with E-state index in [2.05, 4.69) is 55.2 Å². The summed E-state index contributed by atoms with van der Waals surface area (Å²) in [6.07, 6.45) is 2.42. The first kappa shape index (κ1) is 15.3. The third kappa shape index (κ3) is 3.59. The molecule has 1 aromatic heterocycles. The summed E-state index contributed by atoms with van der Waals surface area (Å²) in [5.74, 6) is 0.723. The second kappa shape index (κ2) is 6.66. The van der Waals surface area contributed by atoms with Gasteiger partial charge >= 0.3 is 0 Å². The average Bonchev–Trinajstić information content (AvgIpc) is 2.57. The van der Waals surface area contributed by atoms with Crippen molar-refractivity contribution in [3.63, 3.8) is 0 Å². The Bertz CT molecular complexity index is 794. The predicted octanol–water partition coefficient (Wildman–Crippen LogP) is 5.32. The molecule has 0 saturated heterocycles. The second-order valence-electron chi connectivity index (χ2n) is 6.23. The van der Waals surface area contributed by atoms with E-state index < -0.39 is 0 Å². The quantitative estimate of drug-likeness (QED) is 0.707. The topological polar surface area (TPSA) is 33.1 Å². The minimum atomic E-state index is 0.206. The van der Waals surface area contributed by atoms with Gasteiger partial charge in [-0.2, -0.15) is 0 Å². The predicted molar refractivity (Wildman–Crippen MR) is 95.3 cm³/mol. The number of aromatic hydroxyl groups is 1. The number of benzene rings is 2. The van der Waals surface area contributed by atoms with Gasteiger partial charge in [-0.15, -0.1) is 0 Å². The summed E-state index contributed by atoms with van der Waals surface area (Å²) in [7, 11) is 0. The molecule has 0 aliphatic carbocycles. The molecule has 0 amide bonds. The Morgan fingerprint density at radius 2 is 1.57 bits per heavy atom. The molecule has 2 nitrogen and oxygen atoms in total. The van der Waals surface area contributed by atoms with E-state index in [0.717, 1.165) is 23.2 Å². The fourth-order valence-electron chi connectivity index (χ4n) is 2.78. The van der Waals surface area contributed by atoms with Crippen molar-refractivity contribution in [3.8, 4) is 28.0 Å². The van der Waals surface area contributed by atoms with Crippen LogP contribution in [-0.4, -0.2) is 10.1 Å². The molecule has 0 spiro atoms. The molecule has 2 heteroatoms. The van der Waals surface area contributed by atoms with Crippen LogP contribution in [0.1, 0.15) is 19.5 Å². The largest absolute Gasteiger partial charge is 0.506 e. The van der Waals surface area contributed by atoms with Crippen molar-refractivity contribution in [3.05, 3.63) is 72.6 Å². The van der Waals surface area contributed by atoms with Crippen molar-refractivity contribution < 1.29 is 5.11 Å². The van der Waals surface area contributed by atoms with Crippen molar-refractivity contribution in [2.45, 2.75) is 20.3 Å². The lowest BCUT2D eigenvalue weighted by Crippen LogP contribution is -2.00. The van der Waals surface area contributed by atoms with Gasteiger partial charge < -0.3 is 5.11 Å². The summed E-state index contributed by atoms with van der Waals surface area (Å²) >= 11 is 0. The third-order valence-corrected chi connectivity index (χ3v) is 3.84. The minimum Gasteiger partial charge on any atom is -0.506 e. The van der Waals surface area contributed by atoms with E-state index in [0.29, 0.717) is 5.92 Å². The fraction of sp³-hybridized carbons (Fsp3) is 0.190. The molecule has 0 unspecified atom stereocenters. The number of hydrogen-bond acceptors (Lipinski definition) is 2. The molecule has 3 rings (SSSR count). The average molecular weight is 303 g/mol. The van der Waals surface area contributed by atoms with Crippen LogP contribution in [0.2, 0.25) is 0 Å². The number of aromatic nitrogens is 1. The molecule has 0 bridgehead atoms. The van der Waals surface area contributed by atoms with Gasteiger partial charge in [-0.3, -0.25) is 4.98 Å². The van der Waals surface area contributed by atoms with Gasteiger partial charge in [-0.05, 0) is 41.2 Å². The molecule has 0 fully saturated rings. The molecule has 0 radical (unpaired) electrons. The number of pyridine rings is 1. The zero-order chi connectivity index (χ0) is 16.2. The highest BCUT2D eigenvalue weighted by Gasteiger charge is 2.11. The molecule has 0 atom stereocenters. The van der Waals surface area contributed by atoms with Gasteiger partial charge in [-0.1, -0.05) is 62.4 Å². The summed E-state index contributed by atoms with van der Waals surface area (Å²) in [6.45, 7) is 4.36. The normalized spacial score (nSPS) is 10.9. The van der Waals surface area contributed by atoms with Gasteiger partial charge in [0.1, 0.15) is 5.75 Å². The number of hydrogen-bond donors (Lipinski definition) is 1. The Balaban J connectivity index is 2.07. The molecule has 23 heavy (non-hydrogen) atoms. The van der Waals surface area contributed by atoms with Crippen molar-refractivity contribution in [1.82, 2.24) is 4.98 Å². The lowest BCUT2D eigenvalue weighted by molar-refractivity contribution is 0.472. The maximum Gasteiger partial charge on any atom is 0.134 e. The van der Waals surface area contributed by atoms with Gasteiger partial charge in [0.05, 0.1) is 6.20 Å². The molecule has 3 aromatic rings. The van der Waals surface area contributed by atoms with Gasteiger partial charge in [0.15, 0.2) is 0 Å². The standard InChI is InChI=1S/C21H21NO/c1-15(2)11-21-20(13-19(23)14-22-21)18-10-6-9-17(12-18)16-7-4-3-5-8-16/h3-10,12-15,23H,11H2,1-2H3. The van der Waals surface area contributed by atoms with Crippen LogP contribution in [-0.2, 0) is 6.42 Å². The zero-order valence-electron chi connectivity index (χ0n) is 13.5. The molecule has 1 N–H and O–H groups in total. The van der Waals surface area contributed by atoms with Crippen LogP contribution in [0.3, 0.4) is 0 Å². The highest BCUT2D eigenvalue weighted by molar-refractivity contribution is 5.74. The molecular formula is C21H21NO. The van der Waals surface area contributed by atoms with Crippen molar-refractivity contribution in [2.75, 3.05) is 0 Å². The van der Waals surface area contributed by atoms with Crippen molar-refractivity contribution in [2.24, 2.45) is 5.92 Å². The number of nitrogens with zero attached hydrogens (tertiary/aromatic N) is 1. The third-order valence-electron chi connectivity index (χ3n) is 3.84. The zero-order valence-corrected chi connectivity index (χ0v) is 13.5. The maximum atomic E-state index is 9.86. The Labute approximate surface area is 137 Å². The maximum absolute atomic E-state index is 9.86. The van der Waals surface area contributed by atoms with Crippen LogP contribution in [0, 0.1) is 5.92 Å². The molecule has 0 aliphatic rings. The Morgan fingerprint density at radius 3 is 2.30 bits per heavy atom. The van der Waals surface area contributed by atoms with Crippen LogP contribution in [0.25, 0.3) is 22.3 Å². The first-order chi connectivity index (χ1) is 11.1. The van der Waals surface area contributed by atoms with E-state index in [1.54, 1.807) is 0 Å². The summed E-state index contributed by atoms with van der Waals surface area (Å²) in [5, 5.41) is 9.86. The van der Waals surface area contributed by atoms with E-state index in [-0.39, 0.29) is 5.75 Å². The van der Waals surface area contributed by atoms with E-state index in [4.69, 9.17) is 0 Å². The van der Waals surface area contributed by atoms with Crippen molar-refractivity contribution in [1.29, 1.82) is 0 Å². The molecule has 1 heterocycles. The lowest BCUT2D eigenvalue weighted by atomic mass is 9.95. The van der Waals surface area contributed by atoms with Crippen molar-refractivity contribution >= 4 is 0 Å². The summed E-state index contributed by atoms with van der Waals surface area (Å²) < 4.78 is 0. The fourth-order valence-corrected chi connectivity index (χ4v) is 2.78. The van der Waals surface area contributed by atoms with Crippen LogP contribution in [0.5, 0.6) is 5.75 Å². The van der Waals surface area contributed by atoms with Gasteiger partial charge in [-0.25, -0.2) is 0 Å². The highest BCUT2D eigenvalue weighted by Crippen LogP contribution is 2.30. The molecular weight excluding hydrogens is 282 g/mol. The van der Waals surface area contributed by atoms with E-state index >= 15 is 0 Å². The SMILES string of the molecule is CC(C)Cc1ncc(O)cc1-c1cccc(-c2ccccc2)c1. The molecule has 0 aliphatic heterocycles. The minimum absolute atomic E-state index is 0.206. The van der Waals surface area contributed by atoms with Gasteiger partial charge in [0.2, 0.25) is 0 Å². The van der Waals surface area contributed by atoms with Crippen LogP contribution in [0.4, 0.5) is 0 Å². The molecule has 2 aromatic carbocycles. The Hall–Kier alpha value is -2.61. The second-order valence-corrected chi connectivity index (χ2v) is 6.23. The van der Waals surface area contributed by atoms with Crippen LogP contribution >= 0.6 is 0 Å². The summed E-state index contributed by atoms with van der Waals surface area (Å²) in [6, 6.07) is 20.5. The summed E-state index contributed by atoms with van der Waals surface area (Å²) in [5.41, 5.74) is 5.49. The Kier molecular flexibility index (Phi) is 4.42.